The Bertz CT molecular complexity index is 583. The van der Waals surface area contributed by atoms with Gasteiger partial charge in [0.15, 0.2) is 0 Å². The van der Waals surface area contributed by atoms with Crippen molar-refractivity contribution in [2.24, 2.45) is 0 Å². The first-order chi connectivity index (χ1) is 9.09. The van der Waals surface area contributed by atoms with Crippen LogP contribution in [0.2, 0.25) is 10.0 Å². The van der Waals surface area contributed by atoms with E-state index in [-0.39, 0.29) is 21.2 Å². The molecule has 0 aromatic heterocycles. The van der Waals surface area contributed by atoms with Crippen LogP contribution in [0, 0.1) is 0 Å². The highest BCUT2D eigenvalue weighted by atomic mass is 35.5. The smallest absolute Gasteiger partial charge is 0.347 e. The summed E-state index contributed by atoms with van der Waals surface area (Å²) in [4.78, 5) is 23.6. The molecular formula is C14H8Cl2O3. The fraction of sp³-hybridized carbons (Fsp3) is 0. The van der Waals surface area contributed by atoms with E-state index in [1.165, 1.54) is 24.3 Å². The maximum atomic E-state index is 11.8. The third kappa shape index (κ3) is 3.13. The highest BCUT2D eigenvalue weighted by molar-refractivity contribution is 6.34. The van der Waals surface area contributed by atoms with E-state index >= 15 is 0 Å². The number of ether oxygens (including phenoxy) is 1. The summed E-state index contributed by atoms with van der Waals surface area (Å²) in [5.41, 5.74) is 0.258. The van der Waals surface area contributed by atoms with Gasteiger partial charge in [-0.3, -0.25) is 0 Å². The van der Waals surface area contributed by atoms with E-state index in [1.54, 1.807) is 24.3 Å². The van der Waals surface area contributed by atoms with Gasteiger partial charge < -0.3 is 4.74 Å². The lowest BCUT2D eigenvalue weighted by molar-refractivity contribution is 0.0398. The molecule has 96 valence electrons. The van der Waals surface area contributed by atoms with Gasteiger partial charge in [-0.2, -0.15) is 0 Å². The molecule has 5 heteroatoms. The van der Waals surface area contributed by atoms with Gasteiger partial charge in [-0.15, -0.1) is 0 Å². The molecule has 0 spiro atoms. The molecule has 0 aliphatic heterocycles. The molecule has 0 saturated carbocycles. The average Bonchev–Trinajstić information content (AvgIpc) is 2.39. The van der Waals surface area contributed by atoms with E-state index in [0.29, 0.717) is 0 Å². The highest BCUT2D eigenvalue weighted by Crippen LogP contribution is 2.19. The Kier molecular flexibility index (Phi) is 4.20. The molecule has 0 aliphatic carbocycles. The second-order valence-corrected chi connectivity index (χ2v) is 4.45. The van der Waals surface area contributed by atoms with Crippen molar-refractivity contribution >= 4 is 35.1 Å². The maximum Gasteiger partial charge on any atom is 0.347 e. The van der Waals surface area contributed by atoms with Gasteiger partial charge in [0, 0.05) is 0 Å². The van der Waals surface area contributed by atoms with Crippen molar-refractivity contribution in [3.63, 3.8) is 0 Å². The minimum Gasteiger partial charge on any atom is -0.386 e. The molecule has 3 nitrogen and oxygen atoms in total. The normalized spacial score (nSPS) is 10.0. The summed E-state index contributed by atoms with van der Waals surface area (Å²) in [6, 6.07) is 12.6. The molecule has 0 fully saturated rings. The molecule has 0 amide bonds. The van der Waals surface area contributed by atoms with Gasteiger partial charge in [0.25, 0.3) is 0 Å². The number of esters is 2. The van der Waals surface area contributed by atoms with Crippen LogP contribution in [0.4, 0.5) is 0 Å². The lowest BCUT2D eigenvalue weighted by Crippen LogP contribution is -2.13. The van der Waals surface area contributed by atoms with Crippen LogP contribution in [0.25, 0.3) is 0 Å². The Balaban J connectivity index is 2.19. The lowest BCUT2D eigenvalue weighted by atomic mass is 10.2. The largest absolute Gasteiger partial charge is 0.386 e. The minimum atomic E-state index is -0.810. The molecular weight excluding hydrogens is 287 g/mol. The van der Waals surface area contributed by atoms with Crippen molar-refractivity contribution in [3.8, 4) is 0 Å². The van der Waals surface area contributed by atoms with E-state index < -0.39 is 11.9 Å². The lowest BCUT2D eigenvalue weighted by Gasteiger charge is -2.05. The van der Waals surface area contributed by atoms with Gasteiger partial charge in [0.05, 0.1) is 21.2 Å². The van der Waals surface area contributed by atoms with E-state index in [1.807, 2.05) is 0 Å². The molecule has 2 rings (SSSR count). The summed E-state index contributed by atoms with van der Waals surface area (Å²) < 4.78 is 4.74. The number of hydrogen-bond donors (Lipinski definition) is 0. The summed E-state index contributed by atoms with van der Waals surface area (Å²) in [5.74, 6) is -1.62. The molecule has 0 atom stereocenters. The zero-order valence-corrected chi connectivity index (χ0v) is 11.1. The molecule has 0 N–H and O–H groups in total. The van der Waals surface area contributed by atoms with Gasteiger partial charge in [0.2, 0.25) is 0 Å². The molecule has 0 unspecified atom stereocenters. The van der Waals surface area contributed by atoms with Crippen LogP contribution in [0.15, 0.2) is 48.5 Å². The first-order valence-electron chi connectivity index (χ1n) is 5.35. The third-order valence-corrected chi connectivity index (χ3v) is 3.03. The molecule has 2 aromatic rings. The zero-order valence-electron chi connectivity index (χ0n) is 9.60. The van der Waals surface area contributed by atoms with Crippen molar-refractivity contribution in [2.45, 2.75) is 0 Å². The molecule has 0 bridgehead atoms. The molecule has 0 heterocycles. The quantitative estimate of drug-likeness (QED) is 0.621. The fourth-order valence-electron chi connectivity index (χ4n) is 1.45. The summed E-state index contributed by atoms with van der Waals surface area (Å²) in [6.07, 6.45) is 0. The van der Waals surface area contributed by atoms with Crippen molar-refractivity contribution in [3.05, 3.63) is 69.7 Å². The SMILES string of the molecule is O=C(OC(=O)c1ccccc1Cl)c1ccccc1Cl. The van der Waals surface area contributed by atoms with Crippen molar-refractivity contribution < 1.29 is 14.3 Å². The zero-order chi connectivity index (χ0) is 13.8. The standard InChI is InChI=1S/C14H8Cl2O3/c15-11-7-3-1-5-9(11)13(17)19-14(18)10-6-2-4-8-12(10)16/h1-8H. The van der Waals surface area contributed by atoms with Crippen LogP contribution in [0.3, 0.4) is 0 Å². The Morgan fingerprint density at radius 2 is 1.11 bits per heavy atom. The summed E-state index contributed by atoms with van der Waals surface area (Å²) in [7, 11) is 0. The summed E-state index contributed by atoms with van der Waals surface area (Å²) in [5, 5.41) is 0.443. The topological polar surface area (TPSA) is 43.4 Å². The van der Waals surface area contributed by atoms with E-state index in [0.717, 1.165) is 0 Å². The van der Waals surface area contributed by atoms with Gasteiger partial charge in [0.1, 0.15) is 0 Å². The molecule has 0 radical (unpaired) electrons. The van der Waals surface area contributed by atoms with Crippen LogP contribution in [-0.2, 0) is 4.74 Å². The Morgan fingerprint density at radius 1 is 0.737 bits per heavy atom. The molecule has 0 saturated heterocycles. The Hall–Kier alpha value is -1.84. The second kappa shape index (κ2) is 5.87. The molecule has 19 heavy (non-hydrogen) atoms. The van der Waals surface area contributed by atoms with Gasteiger partial charge in [-0.25, -0.2) is 9.59 Å². The monoisotopic (exact) mass is 294 g/mol. The fourth-order valence-corrected chi connectivity index (χ4v) is 1.87. The van der Waals surface area contributed by atoms with Crippen LogP contribution in [0.1, 0.15) is 20.7 Å². The van der Waals surface area contributed by atoms with Crippen LogP contribution in [-0.4, -0.2) is 11.9 Å². The Labute approximate surface area is 119 Å². The number of carbonyl (C=O) groups is 2. The third-order valence-electron chi connectivity index (χ3n) is 2.37. The summed E-state index contributed by atoms with van der Waals surface area (Å²) in [6.45, 7) is 0. The number of carbonyl (C=O) groups excluding carboxylic acids is 2. The first-order valence-corrected chi connectivity index (χ1v) is 6.11. The van der Waals surface area contributed by atoms with E-state index in [9.17, 15) is 9.59 Å². The average molecular weight is 295 g/mol. The van der Waals surface area contributed by atoms with Crippen molar-refractivity contribution in [1.29, 1.82) is 0 Å². The minimum absolute atomic E-state index is 0.129. The predicted octanol–water partition coefficient (Wildman–Crippen LogP) is 3.99. The summed E-state index contributed by atoms with van der Waals surface area (Å²) >= 11 is 11.7. The van der Waals surface area contributed by atoms with Gasteiger partial charge in [-0.05, 0) is 24.3 Å². The highest BCUT2D eigenvalue weighted by Gasteiger charge is 2.18. The predicted molar refractivity (Wildman–Crippen MR) is 72.7 cm³/mol. The molecule has 2 aromatic carbocycles. The number of benzene rings is 2. The van der Waals surface area contributed by atoms with E-state index in [4.69, 9.17) is 27.9 Å². The maximum absolute atomic E-state index is 11.8. The van der Waals surface area contributed by atoms with Crippen LogP contribution in [0.5, 0.6) is 0 Å². The van der Waals surface area contributed by atoms with Crippen LogP contribution < -0.4 is 0 Å². The number of hydrogen-bond acceptors (Lipinski definition) is 3. The van der Waals surface area contributed by atoms with Crippen molar-refractivity contribution in [2.75, 3.05) is 0 Å². The Morgan fingerprint density at radius 3 is 1.47 bits per heavy atom. The first kappa shape index (κ1) is 13.6. The van der Waals surface area contributed by atoms with Crippen molar-refractivity contribution in [1.82, 2.24) is 0 Å². The van der Waals surface area contributed by atoms with Gasteiger partial charge in [-0.1, -0.05) is 47.5 Å². The number of rotatable bonds is 2. The van der Waals surface area contributed by atoms with Crippen LogP contribution >= 0.6 is 23.2 Å². The van der Waals surface area contributed by atoms with E-state index in [2.05, 4.69) is 0 Å². The second-order valence-electron chi connectivity index (χ2n) is 3.64. The molecule has 0 aliphatic rings. The van der Waals surface area contributed by atoms with Gasteiger partial charge >= 0.3 is 11.9 Å². The number of halogens is 2.